The number of ether oxygens (including phenoxy) is 1. The van der Waals surface area contributed by atoms with Crippen LogP contribution in [0, 0.1) is 6.92 Å². The van der Waals surface area contributed by atoms with E-state index in [9.17, 15) is 0 Å². The molecule has 0 aromatic carbocycles. The molecule has 0 saturated carbocycles. The fraction of sp³-hybridized carbons (Fsp3) is 0.500. The molecule has 0 aliphatic carbocycles. The molecule has 1 N–H and O–H groups in total. The zero-order valence-corrected chi connectivity index (χ0v) is 6.49. The van der Waals surface area contributed by atoms with Crippen molar-refractivity contribution in [2.75, 3.05) is 18.5 Å². The number of aryl methyl sites for hydroxylation is 1. The molecule has 1 aromatic heterocycles. The van der Waals surface area contributed by atoms with Crippen molar-refractivity contribution >= 4 is 16.3 Å². The smallest absolute Gasteiger partial charge is 0.249 e. The lowest BCUT2D eigenvalue weighted by atomic mass is 10.6. The van der Waals surface area contributed by atoms with Gasteiger partial charge in [-0.05, 0) is 6.92 Å². The highest BCUT2D eigenvalue weighted by Crippen LogP contribution is 2.32. The second-order valence-corrected chi connectivity index (χ2v) is 3.35. The van der Waals surface area contributed by atoms with Crippen LogP contribution in [0.1, 0.15) is 5.01 Å². The number of hydrogen-bond donors (Lipinski definition) is 1. The molecule has 1 aliphatic heterocycles. The number of thiazole rings is 1. The maximum atomic E-state index is 5.28. The molecule has 0 atom stereocenters. The molecule has 0 spiro atoms. The monoisotopic (exact) mass is 156 g/mol. The van der Waals surface area contributed by atoms with Crippen LogP contribution in [0.2, 0.25) is 0 Å². The van der Waals surface area contributed by atoms with Crippen molar-refractivity contribution in [3.8, 4) is 5.88 Å². The van der Waals surface area contributed by atoms with E-state index in [-0.39, 0.29) is 0 Å². The summed E-state index contributed by atoms with van der Waals surface area (Å²) in [4.78, 5) is 4.18. The lowest BCUT2D eigenvalue weighted by Gasteiger charge is -2.12. The molecule has 0 unspecified atom stereocenters. The lowest BCUT2D eigenvalue weighted by molar-refractivity contribution is 0.312. The average Bonchev–Trinajstić information content (AvgIpc) is 2.27. The molecule has 1 aliphatic rings. The molecule has 0 radical (unpaired) electrons. The number of nitrogens with zero attached hydrogens (tertiary/aromatic N) is 1. The molecule has 0 saturated heterocycles. The Labute approximate surface area is 63.0 Å². The molecule has 2 rings (SSSR count). The van der Waals surface area contributed by atoms with Gasteiger partial charge >= 0.3 is 0 Å². The van der Waals surface area contributed by atoms with E-state index >= 15 is 0 Å². The van der Waals surface area contributed by atoms with E-state index < -0.39 is 0 Å². The summed E-state index contributed by atoms with van der Waals surface area (Å²) in [6.07, 6.45) is 0. The fourth-order valence-electron chi connectivity index (χ4n) is 0.930. The molecule has 4 heteroatoms. The van der Waals surface area contributed by atoms with Gasteiger partial charge in [-0.3, -0.25) is 0 Å². The van der Waals surface area contributed by atoms with E-state index in [2.05, 4.69) is 10.3 Å². The van der Waals surface area contributed by atoms with Crippen molar-refractivity contribution in [3.05, 3.63) is 5.01 Å². The van der Waals surface area contributed by atoms with Gasteiger partial charge in [-0.25, -0.2) is 4.98 Å². The minimum absolute atomic E-state index is 0.732. The SMILES string of the molecule is Cc1nc2c(s1)NCCO2. The molecule has 10 heavy (non-hydrogen) atoms. The van der Waals surface area contributed by atoms with Crippen LogP contribution in [0.4, 0.5) is 5.00 Å². The number of anilines is 1. The van der Waals surface area contributed by atoms with Crippen molar-refractivity contribution in [3.63, 3.8) is 0 Å². The van der Waals surface area contributed by atoms with Crippen molar-refractivity contribution in [1.82, 2.24) is 4.98 Å². The minimum Gasteiger partial charge on any atom is -0.474 e. The molecular weight excluding hydrogens is 148 g/mol. The highest BCUT2D eigenvalue weighted by Gasteiger charge is 2.13. The zero-order valence-electron chi connectivity index (χ0n) is 5.68. The van der Waals surface area contributed by atoms with Crippen LogP contribution < -0.4 is 10.1 Å². The molecule has 2 heterocycles. The molecule has 0 bridgehead atoms. The summed E-state index contributed by atoms with van der Waals surface area (Å²) < 4.78 is 5.28. The second kappa shape index (κ2) is 2.12. The Kier molecular flexibility index (Phi) is 1.27. The minimum atomic E-state index is 0.732. The van der Waals surface area contributed by atoms with E-state index in [0.29, 0.717) is 0 Å². The molecular formula is C6H8N2OS. The van der Waals surface area contributed by atoms with Gasteiger partial charge in [-0.1, -0.05) is 11.3 Å². The molecule has 0 amide bonds. The first-order valence-electron chi connectivity index (χ1n) is 3.20. The Morgan fingerprint density at radius 2 is 2.60 bits per heavy atom. The largest absolute Gasteiger partial charge is 0.474 e. The van der Waals surface area contributed by atoms with E-state index in [1.54, 1.807) is 11.3 Å². The summed E-state index contributed by atoms with van der Waals surface area (Å²) in [6, 6.07) is 0. The van der Waals surface area contributed by atoms with Gasteiger partial charge in [0.2, 0.25) is 5.88 Å². The van der Waals surface area contributed by atoms with Crippen molar-refractivity contribution in [1.29, 1.82) is 0 Å². The van der Waals surface area contributed by atoms with E-state index in [0.717, 1.165) is 29.0 Å². The molecule has 0 fully saturated rings. The lowest BCUT2D eigenvalue weighted by Crippen LogP contribution is -2.16. The van der Waals surface area contributed by atoms with Crippen LogP contribution >= 0.6 is 11.3 Å². The highest BCUT2D eigenvalue weighted by atomic mass is 32.1. The van der Waals surface area contributed by atoms with Crippen LogP contribution in [-0.4, -0.2) is 18.1 Å². The number of aromatic nitrogens is 1. The Morgan fingerprint density at radius 1 is 1.70 bits per heavy atom. The first-order chi connectivity index (χ1) is 4.86. The van der Waals surface area contributed by atoms with E-state index in [1.807, 2.05) is 6.92 Å². The quantitative estimate of drug-likeness (QED) is 0.614. The van der Waals surface area contributed by atoms with Crippen LogP contribution in [-0.2, 0) is 0 Å². The van der Waals surface area contributed by atoms with Crippen LogP contribution in [0.25, 0.3) is 0 Å². The second-order valence-electron chi connectivity index (χ2n) is 2.14. The molecule has 1 aromatic rings. The number of hydrogen-bond acceptors (Lipinski definition) is 4. The number of rotatable bonds is 0. The van der Waals surface area contributed by atoms with Gasteiger partial charge in [-0.2, -0.15) is 0 Å². The maximum absolute atomic E-state index is 5.28. The van der Waals surface area contributed by atoms with Gasteiger partial charge in [0.1, 0.15) is 6.61 Å². The Balaban J connectivity index is 2.41. The Hall–Kier alpha value is -0.770. The summed E-state index contributed by atoms with van der Waals surface area (Å²) in [6.45, 7) is 3.61. The van der Waals surface area contributed by atoms with Crippen molar-refractivity contribution in [2.45, 2.75) is 6.92 Å². The van der Waals surface area contributed by atoms with Gasteiger partial charge < -0.3 is 10.1 Å². The number of fused-ring (bicyclic) bond motifs is 1. The highest BCUT2D eigenvalue weighted by molar-refractivity contribution is 7.16. The third-order valence-electron chi connectivity index (χ3n) is 1.33. The summed E-state index contributed by atoms with van der Waals surface area (Å²) in [5.41, 5.74) is 0. The average molecular weight is 156 g/mol. The van der Waals surface area contributed by atoms with Crippen molar-refractivity contribution < 1.29 is 4.74 Å². The van der Waals surface area contributed by atoms with Gasteiger partial charge in [0.25, 0.3) is 0 Å². The standard InChI is InChI=1S/C6H8N2OS/c1-4-8-5-6(10-4)7-2-3-9-5/h7H,2-3H2,1H3. The van der Waals surface area contributed by atoms with Gasteiger partial charge in [0, 0.05) is 6.54 Å². The van der Waals surface area contributed by atoms with Crippen molar-refractivity contribution in [2.24, 2.45) is 0 Å². The number of nitrogens with one attached hydrogen (secondary N) is 1. The Morgan fingerprint density at radius 3 is 3.40 bits per heavy atom. The summed E-state index contributed by atoms with van der Waals surface area (Å²) >= 11 is 1.64. The topological polar surface area (TPSA) is 34.2 Å². The van der Waals surface area contributed by atoms with E-state index in [1.165, 1.54) is 0 Å². The summed E-state index contributed by atoms with van der Waals surface area (Å²) in [5.74, 6) is 0.772. The third-order valence-corrected chi connectivity index (χ3v) is 2.24. The zero-order chi connectivity index (χ0) is 6.97. The first kappa shape index (κ1) is 5.97. The third kappa shape index (κ3) is 0.844. The maximum Gasteiger partial charge on any atom is 0.249 e. The van der Waals surface area contributed by atoms with Crippen LogP contribution in [0.3, 0.4) is 0 Å². The van der Waals surface area contributed by atoms with Gasteiger partial charge in [0.05, 0.1) is 5.01 Å². The summed E-state index contributed by atoms with van der Waals surface area (Å²) in [7, 11) is 0. The van der Waals surface area contributed by atoms with Gasteiger partial charge in [0.15, 0.2) is 5.00 Å². The van der Waals surface area contributed by atoms with Crippen LogP contribution in [0.5, 0.6) is 5.88 Å². The van der Waals surface area contributed by atoms with Gasteiger partial charge in [-0.15, -0.1) is 0 Å². The summed E-state index contributed by atoms with van der Waals surface area (Å²) in [5, 5.41) is 5.34. The predicted molar refractivity (Wildman–Crippen MR) is 40.8 cm³/mol. The molecule has 3 nitrogen and oxygen atoms in total. The Bertz CT molecular complexity index is 222. The molecule has 54 valence electrons. The fourth-order valence-corrected chi connectivity index (χ4v) is 1.72. The predicted octanol–water partition coefficient (Wildman–Crippen LogP) is 1.26. The first-order valence-corrected chi connectivity index (χ1v) is 4.02. The normalized spacial score (nSPS) is 15.3. The van der Waals surface area contributed by atoms with E-state index in [4.69, 9.17) is 4.74 Å². The van der Waals surface area contributed by atoms with Crippen LogP contribution in [0.15, 0.2) is 0 Å².